The maximum Gasteiger partial charge on any atom is 0 e. The third-order valence-electron chi connectivity index (χ3n) is 0. The molecule has 0 spiro atoms. The van der Waals surface area contributed by atoms with E-state index in [1.165, 1.54) is 0 Å². The van der Waals surface area contributed by atoms with Crippen LogP contribution < -0.4 is 5.32 Å². The summed E-state index contributed by atoms with van der Waals surface area (Å²) in [6.07, 6.45) is 0. The van der Waals surface area contributed by atoms with Gasteiger partial charge in [-0.15, -0.1) is 0 Å². The van der Waals surface area contributed by atoms with Crippen LogP contribution in [-0.4, -0.2) is 14.1 Å². The number of nitrogens with one attached hydrogen (secondary N) is 1. The van der Waals surface area contributed by atoms with E-state index in [2.05, 4.69) is 5.32 Å². The van der Waals surface area contributed by atoms with Gasteiger partial charge in [-0.3, -0.25) is 0 Å². The summed E-state index contributed by atoms with van der Waals surface area (Å²) >= 11 is 0. The Balaban J connectivity index is -0.0000000200. The number of hydrogen-bond donors (Lipinski definition) is 1. The van der Waals surface area contributed by atoms with Crippen molar-refractivity contribution in [2.75, 3.05) is 14.1 Å². The van der Waals surface area contributed by atoms with Crippen molar-refractivity contribution >= 4 is 0 Å². The van der Waals surface area contributed by atoms with Crippen molar-refractivity contribution < 1.29 is 44.1 Å². The molecule has 0 fully saturated rings. The summed E-state index contributed by atoms with van der Waals surface area (Å²) < 4.78 is 0. The van der Waals surface area contributed by atoms with Crippen LogP contribution in [0.5, 0.6) is 0 Å². The van der Waals surface area contributed by atoms with Crippen molar-refractivity contribution in [2.24, 2.45) is 0 Å². The maximum atomic E-state index is 2.75. The molecular weight excluding hydrogens is 267 g/mol. The molecule has 0 saturated heterocycles. The first kappa shape index (κ1) is 16.1. The number of hydrogen-bond acceptors (Lipinski definition) is 1. The van der Waals surface area contributed by atoms with E-state index < -0.39 is 0 Å². The molecule has 0 atom stereocenters. The van der Waals surface area contributed by atoms with Crippen molar-refractivity contribution in [2.45, 2.75) is 0 Å². The predicted octanol–water partition coefficient (Wildman–Crippen LogP) is -0.169. The van der Waals surface area contributed by atoms with Gasteiger partial charge in [-0.2, -0.15) is 0 Å². The van der Waals surface area contributed by atoms with E-state index in [-0.39, 0.29) is 44.1 Å². The largest absolute Gasteiger partial charge is 0.323 e. The van der Waals surface area contributed by atoms with Gasteiger partial charge in [-0.25, -0.2) is 0 Å². The average molecular weight is 274 g/mol. The summed E-state index contributed by atoms with van der Waals surface area (Å²) in [5.74, 6) is 0. The van der Waals surface area contributed by atoms with E-state index in [1.807, 2.05) is 14.1 Å². The van der Waals surface area contributed by atoms with Gasteiger partial charge in [0.05, 0.1) is 0 Å². The van der Waals surface area contributed by atoms with Gasteiger partial charge in [0.25, 0.3) is 0 Å². The molecule has 0 aliphatic heterocycles. The fraction of sp³-hybridized carbons (Fsp3) is 1.00. The Morgan fingerprint density at radius 2 is 1.20 bits per heavy atom. The third kappa shape index (κ3) is 31.5. The second-order valence-corrected chi connectivity index (χ2v) is 0.500. The summed E-state index contributed by atoms with van der Waals surface area (Å²) in [6, 6.07) is 0. The smallest absolute Gasteiger partial charge is 0 e. The molecule has 0 rings (SSSR count). The third-order valence-corrected chi connectivity index (χ3v) is 0. The molecule has 0 bridgehead atoms. The van der Waals surface area contributed by atoms with Crippen LogP contribution in [-0.2, 0) is 44.1 Å². The molecule has 0 aliphatic carbocycles. The standard InChI is InChI=1S/C2H7N.Ta.Ti/c1-3-2;;/h3H,1-2H3;;. The molecular formula is C2H7NTaTi. The minimum atomic E-state index is 0. The average Bonchev–Trinajstić information content (AvgIpc) is 0.918. The van der Waals surface area contributed by atoms with E-state index in [0.717, 1.165) is 0 Å². The zero-order valence-corrected chi connectivity index (χ0v) is 8.22. The summed E-state index contributed by atoms with van der Waals surface area (Å²) in [5, 5.41) is 2.75. The quantitative estimate of drug-likeness (QED) is 0.605. The van der Waals surface area contributed by atoms with Crippen molar-refractivity contribution in [1.29, 1.82) is 0 Å². The van der Waals surface area contributed by atoms with Gasteiger partial charge in [0.15, 0.2) is 0 Å². The summed E-state index contributed by atoms with van der Waals surface area (Å²) in [7, 11) is 3.75. The molecule has 1 N–H and O–H groups in total. The van der Waals surface area contributed by atoms with Crippen LogP contribution >= 0.6 is 0 Å². The first-order valence-electron chi connectivity index (χ1n) is 1.00. The van der Waals surface area contributed by atoms with E-state index in [1.54, 1.807) is 0 Å². The van der Waals surface area contributed by atoms with Gasteiger partial charge in [-0.05, 0) is 14.1 Å². The summed E-state index contributed by atoms with van der Waals surface area (Å²) in [4.78, 5) is 0. The molecule has 0 amide bonds. The Labute approximate surface area is 63.3 Å². The van der Waals surface area contributed by atoms with Crippen LogP contribution in [0.4, 0.5) is 0 Å². The van der Waals surface area contributed by atoms with Gasteiger partial charge >= 0.3 is 0 Å². The normalized spacial score (nSPS) is 3.60. The Bertz CT molecular complexity index is 9.61. The van der Waals surface area contributed by atoms with Crippen molar-refractivity contribution in [3.05, 3.63) is 0 Å². The van der Waals surface area contributed by atoms with Crippen molar-refractivity contribution in [1.82, 2.24) is 5.32 Å². The first-order chi connectivity index (χ1) is 1.41. The zero-order valence-electron chi connectivity index (χ0n) is 3.45. The monoisotopic (exact) mass is 274 g/mol. The SMILES string of the molecule is CNC.[Ta].[Ti]. The Morgan fingerprint density at radius 3 is 1.20 bits per heavy atom. The first-order valence-corrected chi connectivity index (χ1v) is 1.00. The maximum absolute atomic E-state index is 2.75. The van der Waals surface area contributed by atoms with Gasteiger partial charge in [0.2, 0.25) is 0 Å². The van der Waals surface area contributed by atoms with Crippen LogP contribution in [0.1, 0.15) is 0 Å². The van der Waals surface area contributed by atoms with Crippen LogP contribution in [0.2, 0.25) is 0 Å². The fourth-order valence-electron chi connectivity index (χ4n) is 0. The van der Waals surface area contributed by atoms with Gasteiger partial charge in [0, 0.05) is 44.1 Å². The van der Waals surface area contributed by atoms with E-state index >= 15 is 0 Å². The van der Waals surface area contributed by atoms with Crippen LogP contribution in [0, 0.1) is 0 Å². The second-order valence-electron chi connectivity index (χ2n) is 0.500. The molecule has 5 heavy (non-hydrogen) atoms. The molecule has 0 aromatic heterocycles. The topological polar surface area (TPSA) is 12.0 Å². The van der Waals surface area contributed by atoms with Crippen molar-refractivity contribution in [3.8, 4) is 0 Å². The van der Waals surface area contributed by atoms with E-state index in [4.69, 9.17) is 0 Å². The van der Waals surface area contributed by atoms with E-state index in [9.17, 15) is 0 Å². The number of rotatable bonds is 0. The van der Waals surface area contributed by atoms with Crippen LogP contribution in [0.25, 0.3) is 0 Å². The van der Waals surface area contributed by atoms with Gasteiger partial charge in [-0.1, -0.05) is 0 Å². The second kappa shape index (κ2) is 18.1. The van der Waals surface area contributed by atoms with Crippen molar-refractivity contribution in [3.63, 3.8) is 0 Å². The molecule has 29 valence electrons. The predicted molar refractivity (Wildman–Crippen MR) is 15.0 cm³/mol. The van der Waals surface area contributed by atoms with Gasteiger partial charge in [0.1, 0.15) is 0 Å². The molecule has 0 aromatic carbocycles. The summed E-state index contributed by atoms with van der Waals surface area (Å²) in [6.45, 7) is 0. The molecule has 1 nitrogen and oxygen atoms in total. The molecule has 0 heterocycles. The molecule has 3 heteroatoms. The molecule has 0 aliphatic rings. The van der Waals surface area contributed by atoms with Gasteiger partial charge < -0.3 is 5.32 Å². The molecule has 0 aromatic rings. The molecule has 0 saturated carbocycles. The fourth-order valence-corrected chi connectivity index (χ4v) is 0. The van der Waals surface area contributed by atoms with Crippen LogP contribution in [0.15, 0.2) is 0 Å². The zero-order chi connectivity index (χ0) is 2.71. The minimum Gasteiger partial charge on any atom is -0.323 e. The molecule has 1 radical (unpaired) electrons. The Kier molecular flexibility index (Phi) is 58.4. The van der Waals surface area contributed by atoms with E-state index in [0.29, 0.717) is 0 Å². The Hall–Kier alpha value is 1.41. The Morgan fingerprint density at radius 1 is 1.20 bits per heavy atom. The minimum absolute atomic E-state index is 0. The van der Waals surface area contributed by atoms with Crippen LogP contribution in [0.3, 0.4) is 0 Å². The molecule has 0 unspecified atom stereocenters. The summed E-state index contributed by atoms with van der Waals surface area (Å²) in [5.41, 5.74) is 0.